The third-order valence-corrected chi connectivity index (χ3v) is 4.80. The maximum atomic E-state index is 12.1. The first-order valence-electron chi connectivity index (χ1n) is 7.06. The Kier molecular flexibility index (Phi) is 10.1. The molecule has 0 aromatic heterocycles. The number of hydrogen-bond donors (Lipinski definition) is 1. The van der Waals surface area contributed by atoms with Crippen LogP contribution < -0.4 is 0 Å². The monoisotopic (exact) mass is 321 g/mol. The first-order valence-corrected chi connectivity index (χ1v) is 8.79. The van der Waals surface area contributed by atoms with E-state index >= 15 is 0 Å². The summed E-state index contributed by atoms with van der Waals surface area (Å²) in [7, 11) is -3.13. The van der Waals surface area contributed by atoms with Crippen LogP contribution in [0.3, 0.4) is 0 Å². The van der Waals surface area contributed by atoms with Crippen LogP contribution in [0.25, 0.3) is 0 Å². The summed E-state index contributed by atoms with van der Waals surface area (Å²) in [5.41, 5.74) is 0. The van der Waals surface area contributed by atoms with Crippen LogP contribution in [-0.4, -0.2) is 42.6 Å². The van der Waals surface area contributed by atoms with Gasteiger partial charge in [0.25, 0.3) is 0 Å². The average Bonchev–Trinajstić information content (AvgIpc) is 2.39. The van der Waals surface area contributed by atoms with Gasteiger partial charge in [0, 0.05) is 12.6 Å². The summed E-state index contributed by atoms with van der Waals surface area (Å²) in [5, 5.41) is 8.81. The van der Waals surface area contributed by atoms with Crippen LogP contribution in [0.2, 0.25) is 0 Å². The van der Waals surface area contributed by atoms with E-state index in [0.717, 1.165) is 6.21 Å². The Morgan fingerprint density at radius 1 is 1.24 bits per heavy atom. The molecule has 7 nitrogen and oxygen atoms in total. The molecule has 21 heavy (non-hydrogen) atoms. The Morgan fingerprint density at radius 2 is 1.81 bits per heavy atom. The van der Waals surface area contributed by atoms with Crippen molar-refractivity contribution in [3.8, 4) is 0 Å². The molecule has 0 heterocycles. The Labute approximate surface area is 125 Å². The summed E-state index contributed by atoms with van der Waals surface area (Å²) in [6, 6.07) is 0. The van der Waals surface area contributed by atoms with E-state index < -0.39 is 25.4 Å². The van der Waals surface area contributed by atoms with Crippen LogP contribution in [0.5, 0.6) is 0 Å². The predicted molar refractivity (Wildman–Crippen MR) is 79.9 cm³/mol. The number of aliphatic carboxylic acids is 1. The Morgan fingerprint density at radius 3 is 2.24 bits per heavy atom. The minimum absolute atomic E-state index is 0.0801. The maximum absolute atomic E-state index is 12.1. The minimum Gasteiger partial charge on any atom is -0.481 e. The molecule has 1 unspecified atom stereocenters. The van der Waals surface area contributed by atoms with E-state index in [1.165, 1.54) is 0 Å². The van der Waals surface area contributed by atoms with E-state index in [1.807, 2.05) is 0 Å². The lowest BCUT2D eigenvalue weighted by molar-refractivity contribution is -0.139. The quantitative estimate of drug-likeness (QED) is 0.463. The molecule has 0 aliphatic rings. The largest absolute Gasteiger partial charge is 0.481 e. The summed E-state index contributed by atoms with van der Waals surface area (Å²) in [4.78, 5) is 25.9. The van der Waals surface area contributed by atoms with Gasteiger partial charge < -0.3 is 14.2 Å². The normalized spacial score (nSPS) is 13.5. The molecule has 8 heteroatoms. The maximum Gasteiger partial charge on any atom is 0.330 e. The second kappa shape index (κ2) is 10.7. The van der Waals surface area contributed by atoms with E-state index in [0.29, 0.717) is 12.8 Å². The highest BCUT2D eigenvalue weighted by Crippen LogP contribution is 2.48. The fourth-order valence-corrected chi connectivity index (χ4v) is 3.23. The number of rotatable bonds is 11. The van der Waals surface area contributed by atoms with Crippen molar-refractivity contribution in [2.24, 2.45) is 10.9 Å². The minimum atomic E-state index is -3.13. The fraction of sp³-hybridized carbons (Fsp3) is 0.769. The van der Waals surface area contributed by atoms with E-state index in [2.05, 4.69) is 4.99 Å². The molecule has 1 amide bonds. The molecule has 0 aromatic carbocycles. The van der Waals surface area contributed by atoms with Gasteiger partial charge in [-0.15, -0.1) is 0 Å². The lowest BCUT2D eigenvalue weighted by Crippen LogP contribution is -2.14. The Hall–Kier alpha value is -1.04. The summed E-state index contributed by atoms with van der Waals surface area (Å²) >= 11 is 0. The van der Waals surface area contributed by atoms with Crippen molar-refractivity contribution in [3.05, 3.63) is 0 Å². The molecule has 1 atom stereocenters. The van der Waals surface area contributed by atoms with Crippen molar-refractivity contribution >= 4 is 25.7 Å². The Bertz CT molecular complexity index is 399. The van der Waals surface area contributed by atoms with Crippen molar-refractivity contribution in [3.63, 3.8) is 0 Å². The van der Waals surface area contributed by atoms with Crippen molar-refractivity contribution in [2.45, 2.75) is 40.0 Å². The second-order valence-electron chi connectivity index (χ2n) is 4.30. The SMILES string of the molecule is CCOP(=O)(CCCC(=O)N=CC(CC)C(=O)O)OCC. The molecular weight excluding hydrogens is 297 g/mol. The van der Waals surface area contributed by atoms with Gasteiger partial charge in [0.05, 0.1) is 25.3 Å². The van der Waals surface area contributed by atoms with Crippen LogP contribution in [0.4, 0.5) is 0 Å². The molecular formula is C13H24NO6P. The zero-order valence-corrected chi connectivity index (χ0v) is 13.7. The first kappa shape index (κ1) is 20.0. The van der Waals surface area contributed by atoms with Crippen molar-refractivity contribution in [1.82, 2.24) is 0 Å². The van der Waals surface area contributed by atoms with Gasteiger partial charge in [0.15, 0.2) is 0 Å². The third kappa shape index (κ3) is 8.75. The molecule has 0 bridgehead atoms. The molecule has 0 radical (unpaired) electrons. The van der Waals surface area contributed by atoms with Crippen LogP contribution in [-0.2, 0) is 23.2 Å². The van der Waals surface area contributed by atoms with Crippen LogP contribution in [0.1, 0.15) is 40.0 Å². The smallest absolute Gasteiger partial charge is 0.330 e. The average molecular weight is 321 g/mol. The predicted octanol–water partition coefficient (Wildman–Crippen LogP) is 2.74. The number of carboxylic acid groups (broad SMARTS) is 1. The molecule has 122 valence electrons. The van der Waals surface area contributed by atoms with Gasteiger partial charge in [0.2, 0.25) is 5.91 Å². The van der Waals surface area contributed by atoms with Crippen LogP contribution in [0.15, 0.2) is 4.99 Å². The van der Waals surface area contributed by atoms with Gasteiger partial charge in [-0.1, -0.05) is 6.92 Å². The van der Waals surface area contributed by atoms with Gasteiger partial charge in [-0.25, -0.2) is 4.99 Å². The van der Waals surface area contributed by atoms with E-state index in [9.17, 15) is 14.2 Å². The highest BCUT2D eigenvalue weighted by molar-refractivity contribution is 7.53. The number of carbonyl (C=O) groups excluding carboxylic acids is 1. The standard InChI is InChI=1S/C13H24NO6P/c1-4-11(13(16)17)10-14-12(15)8-7-9-21(18,19-5-2)20-6-3/h10-11H,4-9H2,1-3H3,(H,16,17). The van der Waals surface area contributed by atoms with Crippen molar-refractivity contribution < 1.29 is 28.3 Å². The Balaban J connectivity index is 4.27. The number of aliphatic imine (C=N–C) groups is 1. The summed E-state index contributed by atoms with van der Waals surface area (Å²) < 4.78 is 22.3. The summed E-state index contributed by atoms with van der Waals surface area (Å²) in [6.07, 6.45) is 2.06. The summed E-state index contributed by atoms with van der Waals surface area (Å²) in [5.74, 6) is -2.20. The van der Waals surface area contributed by atoms with E-state index in [-0.39, 0.29) is 25.8 Å². The number of amides is 1. The summed E-state index contributed by atoms with van der Waals surface area (Å²) in [6.45, 7) is 5.70. The molecule has 0 aliphatic heterocycles. The van der Waals surface area contributed by atoms with Gasteiger partial charge in [-0.2, -0.15) is 0 Å². The molecule has 0 aromatic rings. The lowest BCUT2D eigenvalue weighted by atomic mass is 10.1. The highest BCUT2D eigenvalue weighted by Gasteiger charge is 2.23. The molecule has 0 rings (SSSR count). The van der Waals surface area contributed by atoms with E-state index in [1.54, 1.807) is 20.8 Å². The van der Waals surface area contributed by atoms with Gasteiger partial charge in [-0.3, -0.25) is 14.2 Å². The third-order valence-electron chi connectivity index (χ3n) is 2.63. The van der Waals surface area contributed by atoms with Gasteiger partial charge in [-0.05, 0) is 26.7 Å². The molecule has 0 aliphatic carbocycles. The van der Waals surface area contributed by atoms with Crippen LogP contribution >= 0.6 is 7.60 Å². The second-order valence-corrected chi connectivity index (χ2v) is 6.48. The van der Waals surface area contributed by atoms with E-state index in [4.69, 9.17) is 14.2 Å². The van der Waals surface area contributed by atoms with Gasteiger partial charge >= 0.3 is 13.6 Å². The highest BCUT2D eigenvalue weighted by atomic mass is 31.2. The molecule has 0 saturated heterocycles. The number of carbonyl (C=O) groups is 2. The van der Waals surface area contributed by atoms with Crippen molar-refractivity contribution in [1.29, 1.82) is 0 Å². The number of carboxylic acids is 1. The van der Waals surface area contributed by atoms with Gasteiger partial charge in [0.1, 0.15) is 0 Å². The number of nitrogens with zero attached hydrogens (tertiary/aromatic N) is 1. The zero-order chi connectivity index (χ0) is 16.3. The zero-order valence-electron chi connectivity index (χ0n) is 12.8. The van der Waals surface area contributed by atoms with Crippen molar-refractivity contribution in [2.75, 3.05) is 19.4 Å². The molecule has 0 saturated carbocycles. The molecule has 0 spiro atoms. The lowest BCUT2D eigenvalue weighted by Gasteiger charge is -2.16. The number of hydrogen-bond acceptors (Lipinski definition) is 5. The fourth-order valence-electron chi connectivity index (χ4n) is 1.57. The first-order chi connectivity index (χ1) is 9.88. The molecule has 1 N–H and O–H groups in total. The van der Waals surface area contributed by atoms with Crippen LogP contribution in [0, 0.1) is 5.92 Å². The topological polar surface area (TPSA) is 102 Å². The molecule has 0 fully saturated rings.